The Balaban J connectivity index is 2.07. The van der Waals surface area contributed by atoms with Crippen LogP contribution in [0.15, 0.2) is 48.5 Å². The van der Waals surface area contributed by atoms with Crippen molar-refractivity contribution in [3.63, 3.8) is 0 Å². The first-order valence-electron chi connectivity index (χ1n) is 9.59. The first-order valence-corrected chi connectivity index (χ1v) is 10.5. The molecule has 0 bridgehead atoms. The van der Waals surface area contributed by atoms with Crippen molar-refractivity contribution >= 4 is 46.5 Å². The average molecular weight is 452 g/mol. The third-order valence-corrected chi connectivity index (χ3v) is 5.40. The van der Waals surface area contributed by atoms with Crippen LogP contribution in [0.2, 0.25) is 5.02 Å². The van der Waals surface area contributed by atoms with E-state index in [9.17, 15) is 9.59 Å². The standard InChI is InChI=1S/C22H27Cl2N3O3/c1-22(2,15-23)20(28)25-12-5-13-27(18-8-10-19(30-3)11-9-18)21(29)26-17-7-4-6-16(24)14-17/h4,6-11,14H,5,12-13,15H2,1-3H3,(H,25,28)(H,26,29). The van der Waals surface area contributed by atoms with Gasteiger partial charge in [0.15, 0.2) is 0 Å². The number of hydrogen-bond donors (Lipinski definition) is 2. The molecule has 0 radical (unpaired) electrons. The Bertz CT molecular complexity index is 857. The monoisotopic (exact) mass is 451 g/mol. The van der Waals surface area contributed by atoms with Crippen LogP contribution in [0.4, 0.5) is 16.2 Å². The van der Waals surface area contributed by atoms with E-state index in [-0.39, 0.29) is 17.8 Å². The molecule has 0 saturated heterocycles. The summed E-state index contributed by atoms with van der Waals surface area (Å²) in [6.07, 6.45) is 0.569. The molecule has 0 fully saturated rings. The van der Waals surface area contributed by atoms with Crippen molar-refractivity contribution < 1.29 is 14.3 Å². The Hall–Kier alpha value is -2.44. The number of carbonyl (C=O) groups excluding carboxylic acids is 2. The van der Waals surface area contributed by atoms with E-state index in [4.69, 9.17) is 27.9 Å². The van der Waals surface area contributed by atoms with Gasteiger partial charge in [0.05, 0.1) is 12.5 Å². The Kier molecular flexibility index (Phi) is 8.81. The lowest BCUT2D eigenvalue weighted by atomic mass is 9.95. The molecule has 3 amide bonds. The Morgan fingerprint density at radius 2 is 1.83 bits per heavy atom. The lowest BCUT2D eigenvalue weighted by molar-refractivity contribution is -0.128. The zero-order valence-electron chi connectivity index (χ0n) is 17.4. The van der Waals surface area contributed by atoms with Gasteiger partial charge in [-0.2, -0.15) is 0 Å². The summed E-state index contributed by atoms with van der Waals surface area (Å²) in [7, 11) is 1.59. The second-order valence-corrected chi connectivity index (χ2v) is 8.12. The van der Waals surface area contributed by atoms with Gasteiger partial charge in [0.25, 0.3) is 0 Å². The van der Waals surface area contributed by atoms with Crippen molar-refractivity contribution in [2.45, 2.75) is 20.3 Å². The number of hydrogen-bond acceptors (Lipinski definition) is 3. The van der Waals surface area contributed by atoms with Crippen LogP contribution in [-0.4, -0.2) is 38.0 Å². The maximum absolute atomic E-state index is 12.9. The summed E-state index contributed by atoms with van der Waals surface area (Å²) in [5.74, 6) is 0.820. The van der Waals surface area contributed by atoms with Gasteiger partial charge in [-0.1, -0.05) is 17.7 Å². The highest BCUT2D eigenvalue weighted by Gasteiger charge is 2.26. The van der Waals surface area contributed by atoms with Gasteiger partial charge in [0, 0.05) is 35.4 Å². The average Bonchev–Trinajstić information content (AvgIpc) is 2.73. The van der Waals surface area contributed by atoms with E-state index in [1.165, 1.54) is 0 Å². The number of anilines is 2. The summed E-state index contributed by atoms with van der Waals surface area (Å²) in [5.41, 5.74) is 0.673. The van der Waals surface area contributed by atoms with Crippen LogP contribution < -0.4 is 20.3 Å². The molecule has 2 rings (SSSR count). The van der Waals surface area contributed by atoms with E-state index in [2.05, 4.69) is 10.6 Å². The largest absolute Gasteiger partial charge is 0.497 e. The molecule has 2 aromatic rings. The number of nitrogens with one attached hydrogen (secondary N) is 2. The first kappa shape index (κ1) is 23.8. The zero-order valence-corrected chi connectivity index (χ0v) is 18.9. The Labute approximate surface area is 187 Å². The minimum Gasteiger partial charge on any atom is -0.497 e. The fourth-order valence-corrected chi connectivity index (χ4v) is 2.92. The maximum Gasteiger partial charge on any atom is 0.326 e. The number of benzene rings is 2. The second kappa shape index (κ2) is 11.1. The number of alkyl halides is 1. The number of urea groups is 1. The molecule has 6 nitrogen and oxygen atoms in total. The first-order chi connectivity index (χ1) is 14.3. The van der Waals surface area contributed by atoms with Crippen molar-refractivity contribution in [2.75, 3.05) is 36.3 Å². The van der Waals surface area contributed by atoms with Crippen molar-refractivity contribution in [1.29, 1.82) is 0 Å². The molecule has 0 aliphatic rings. The van der Waals surface area contributed by atoms with Crippen molar-refractivity contribution in [3.8, 4) is 5.75 Å². The number of methoxy groups -OCH3 is 1. The molecule has 0 unspecified atom stereocenters. The van der Waals surface area contributed by atoms with Crippen molar-refractivity contribution in [1.82, 2.24) is 5.32 Å². The predicted molar refractivity (Wildman–Crippen MR) is 123 cm³/mol. The van der Waals surface area contributed by atoms with E-state index in [1.54, 1.807) is 62.3 Å². The van der Waals surface area contributed by atoms with Gasteiger partial charge in [-0.05, 0) is 62.7 Å². The maximum atomic E-state index is 12.9. The van der Waals surface area contributed by atoms with E-state index in [0.717, 1.165) is 0 Å². The fourth-order valence-electron chi connectivity index (χ4n) is 2.61. The van der Waals surface area contributed by atoms with E-state index >= 15 is 0 Å². The second-order valence-electron chi connectivity index (χ2n) is 7.42. The summed E-state index contributed by atoms with van der Waals surface area (Å²) in [5, 5.41) is 6.27. The molecule has 0 spiro atoms. The van der Waals surface area contributed by atoms with Gasteiger partial charge < -0.3 is 15.4 Å². The minimum absolute atomic E-state index is 0.114. The predicted octanol–water partition coefficient (Wildman–Crippen LogP) is 5.16. The Morgan fingerprint density at radius 1 is 1.13 bits per heavy atom. The molecule has 0 aromatic heterocycles. The molecule has 0 atom stereocenters. The lowest BCUT2D eigenvalue weighted by Gasteiger charge is -2.24. The number of amides is 3. The van der Waals surface area contributed by atoms with Gasteiger partial charge >= 0.3 is 6.03 Å². The zero-order chi connectivity index (χ0) is 22.1. The molecule has 30 heavy (non-hydrogen) atoms. The normalized spacial score (nSPS) is 11.0. The Morgan fingerprint density at radius 3 is 2.43 bits per heavy atom. The molecule has 8 heteroatoms. The molecular formula is C22H27Cl2N3O3. The SMILES string of the molecule is COc1ccc(N(CCCNC(=O)C(C)(C)CCl)C(=O)Nc2cccc(Cl)c2)cc1. The summed E-state index contributed by atoms with van der Waals surface area (Å²) in [6, 6.07) is 13.9. The van der Waals surface area contributed by atoms with E-state index < -0.39 is 5.41 Å². The van der Waals surface area contributed by atoms with Crippen molar-refractivity contribution in [3.05, 3.63) is 53.6 Å². The highest BCUT2D eigenvalue weighted by molar-refractivity contribution is 6.30. The molecular weight excluding hydrogens is 425 g/mol. The van der Waals surface area contributed by atoms with Crippen LogP contribution in [0.1, 0.15) is 20.3 Å². The van der Waals surface area contributed by atoms with Crippen LogP contribution in [-0.2, 0) is 4.79 Å². The summed E-state index contributed by atoms with van der Waals surface area (Å²) < 4.78 is 5.19. The van der Waals surface area contributed by atoms with Gasteiger partial charge in [0.1, 0.15) is 5.75 Å². The molecule has 0 aliphatic heterocycles. The number of rotatable bonds is 9. The number of nitrogens with zero attached hydrogens (tertiary/aromatic N) is 1. The molecule has 0 aliphatic carbocycles. The highest BCUT2D eigenvalue weighted by Crippen LogP contribution is 2.22. The van der Waals surface area contributed by atoms with E-state index in [0.29, 0.717) is 41.7 Å². The fraction of sp³-hybridized carbons (Fsp3) is 0.364. The minimum atomic E-state index is -0.638. The third-order valence-electron chi connectivity index (χ3n) is 4.50. The van der Waals surface area contributed by atoms with E-state index in [1.807, 2.05) is 12.1 Å². The highest BCUT2D eigenvalue weighted by atomic mass is 35.5. The van der Waals surface area contributed by atoms with Gasteiger partial charge in [-0.3, -0.25) is 9.69 Å². The molecule has 0 heterocycles. The van der Waals surface area contributed by atoms with Crippen LogP contribution in [0.25, 0.3) is 0 Å². The molecule has 2 N–H and O–H groups in total. The molecule has 0 saturated carbocycles. The molecule has 2 aromatic carbocycles. The van der Waals surface area contributed by atoms with Gasteiger partial charge in [0.2, 0.25) is 5.91 Å². The molecule has 162 valence electrons. The number of carbonyl (C=O) groups is 2. The summed E-state index contributed by atoms with van der Waals surface area (Å²) in [4.78, 5) is 26.7. The van der Waals surface area contributed by atoms with Crippen LogP contribution in [0, 0.1) is 5.41 Å². The van der Waals surface area contributed by atoms with Crippen LogP contribution in [0.3, 0.4) is 0 Å². The van der Waals surface area contributed by atoms with Crippen molar-refractivity contribution in [2.24, 2.45) is 5.41 Å². The van der Waals surface area contributed by atoms with Gasteiger partial charge in [-0.25, -0.2) is 4.79 Å². The summed E-state index contributed by atoms with van der Waals surface area (Å²) in [6.45, 7) is 4.41. The van der Waals surface area contributed by atoms with Crippen LogP contribution >= 0.6 is 23.2 Å². The van der Waals surface area contributed by atoms with Gasteiger partial charge in [-0.15, -0.1) is 11.6 Å². The lowest BCUT2D eigenvalue weighted by Crippen LogP contribution is -2.41. The smallest absolute Gasteiger partial charge is 0.326 e. The topological polar surface area (TPSA) is 70.7 Å². The third kappa shape index (κ3) is 6.82. The number of halogens is 2. The quantitative estimate of drug-likeness (QED) is 0.408. The summed E-state index contributed by atoms with van der Waals surface area (Å²) >= 11 is 11.9. The number of ether oxygens (including phenoxy) is 1. The van der Waals surface area contributed by atoms with Crippen LogP contribution in [0.5, 0.6) is 5.75 Å².